The van der Waals surface area contributed by atoms with Gasteiger partial charge in [0, 0.05) is 12.5 Å². The molecule has 2 aromatic carbocycles. The van der Waals surface area contributed by atoms with Crippen LogP contribution in [0, 0.1) is 16.0 Å². The summed E-state index contributed by atoms with van der Waals surface area (Å²) >= 11 is 5.94. The number of hydrogen-bond donors (Lipinski definition) is 2. The summed E-state index contributed by atoms with van der Waals surface area (Å²) < 4.78 is 4.96. The number of halogens is 1. The summed E-state index contributed by atoms with van der Waals surface area (Å²) in [5, 5.41) is 14.8. The topological polar surface area (TPSA) is 148 Å². The maximum atomic E-state index is 12.4. The van der Waals surface area contributed by atoms with E-state index in [-0.39, 0.29) is 18.5 Å². The number of nitro groups is 1. The van der Waals surface area contributed by atoms with E-state index < -0.39 is 46.8 Å². The predicted molar refractivity (Wildman–Crippen MR) is 111 cm³/mol. The van der Waals surface area contributed by atoms with Crippen molar-refractivity contribution in [3.05, 3.63) is 69.2 Å². The van der Waals surface area contributed by atoms with Gasteiger partial charge >= 0.3 is 5.97 Å². The summed E-state index contributed by atoms with van der Waals surface area (Å²) in [6, 6.07) is 11.8. The summed E-state index contributed by atoms with van der Waals surface area (Å²) in [4.78, 5) is 59.1. The molecular formula is C20H17ClN4O7. The SMILES string of the molecule is O=C(COC(=O)[C@H]1CC(=O)N(NC(=O)c2ccccc2[N+](=O)[O-])C1)Nc1ccccc1Cl. The van der Waals surface area contributed by atoms with Crippen LogP contribution in [0.4, 0.5) is 11.4 Å². The number of para-hydroxylation sites is 2. The summed E-state index contributed by atoms with van der Waals surface area (Å²) in [5.41, 5.74) is 1.98. The lowest BCUT2D eigenvalue weighted by Gasteiger charge is -2.17. The molecule has 3 amide bonds. The summed E-state index contributed by atoms with van der Waals surface area (Å²) in [5.74, 6) is -3.76. The van der Waals surface area contributed by atoms with E-state index in [4.69, 9.17) is 16.3 Å². The molecule has 2 aromatic rings. The minimum Gasteiger partial charge on any atom is -0.455 e. The van der Waals surface area contributed by atoms with Crippen LogP contribution in [0.3, 0.4) is 0 Å². The van der Waals surface area contributed by atoms with Gasteiger partial charge in [0.15, 0.2) is 6.61 Å². The molecule has 0 unspecified atom stereocenters. The molecule has 2 N–H and O–H groups in total. The van der Waals surface area contributed by atoms with E-state index in [0.29, 0.717) is 10.7 Å². The average molecular weight is 461 g/mol. The molecule has 1 heterocycles. The molecule has 1 aliphatic heterocycles. The number of carbonyl (C=O) groups excluding carboxylic acids is 4. The number of hydrogen-bond acceptors (Lipinski definition) is 7. The van der Waals surface area contributed by atoms with Crippen LogP contribution in [0.5, 0.6) is 0 Å². The lowest BCUT2D eigenvalue weighted by Crippen LogP contribution is -2.43. The van der Waals surface area contributed by atoms with Gasteiger partial charge < -0.3 is 10.1 Å². The highest BCUT2D eigenvalue weighted by Crippen LogP contribution is 2.22. The van der Waals surface area contributed by atoms with Gasteiger partial charge in [-0.05, 0) is 18.2 Å². The number of benzene rings is 2. The minimum atomic E-state index is -0.915. The molecule has 0 spiro atoms. The molecule has 1 aliphatic rings. The third kappa shape index (κ3) is 5.38. The van der Waals surface area contributed by atoms with Crippen molar-refractivity contribution in [3.63, 3.8) is 0 Å². The molecule has 1 saturated heterocycles. The lowest BCUT2D eigenvalue weighted by atomic mass is 10.1. The van der Waals surface area contributed by atoms with Crippen molar-refractivity contribution in [2.24, 2.45) is 5.92 Å². The Morgan fingerprint density at radius 2 is 1.84 bits per heavy atom. The molecule has 0 bridgehead atoms. The Kier molecular flexibility index (Phi) is 7.00. The number of amides is 3. The van der Waals surface area contributed by atoms with Crippen molar-refractivity contribution in [1.82, 2.24) is 10.4 Å². The number of esters is 1. The van der Waals surface area contributed by atoms with Crippen LogP contribution in [0.25, 0.3) is 0 Å². The van der Waals surface area contributed by atoms with Gasteiger partial charge in [0.25, 0.3) is 17.5 Å². The average Bonchev–Trinajstić information content (AvgIpc) is 3.13. The fourth-order valence-corrected chi connectivity index (χ4v) is 3.17. The monoisotopic (exact) mass is 460 g/mol. The Hall–Kier alpha value is -3.99. The predicted octanol–water partition coefficient (Wildman–Crippen LogP) is 1.92. The number of carbonyl (C=O) groups is 4. The first-order valence-corrected chi connectivity index (χ1v) is 9.70. The second-order valence-corrected chi connectivity index (χ2v) is 7.16. The standard InChI is InChI=1S/C20H17ClN4O7/c21-14-6-2-3-7-15(14)22-17(26)11-32-20(29)12-9-18(27)24(10-12)23-19(28)13-5-1-4-8-16(13)25(30)31/h1-8,12H,9-11H2,(H,22,26)(H,23,28)/t12-/m0/s1. The highest BCUT2D eigenvalue weighted by molar-refractivity contribution is 6.33. The molecule has 0 aromatic heterocycles. The highest BCUT2D eigenvalue weighted by atomic mass is 35.5. The van der Waals surface area contributed by atoms with E-state index in [1.54, 1.807) is 24.3 Å². The molecule has 11 nitrogen and oxygen atoms in total. The molecule has 1 atom stereocenters. The second-order valence-electron chi connectivity index (χ2n) is 6.76. The maximum absolute atomic E-state index is 12.4. The Labute approximate surface area is 186 Å². The van der Waals surface area contributed by atoms with E-state index in [1.165, 1.54) is 18.2 Å². The Bertz CT molecular complexity index is 1090. The smallest absolute Gasteiger partial charge is 0.311 e. The third-order valence-electron chi connectivity index (χ3n) is 4.53. The summed E-state index contributed by atoms with van der Waals surface area (Å²) in [6.07, 6.45) is -0.248. The number of nitro benzene ring substituents is 1. The van der Waals surface area contributed by atoms with Gasteiger partial charge in [-0.15, -0.1) is 0 Å². The lowest BCUT2D eigenvalue weighted by molar-refractivity contribution is -0.385. The zero-order chi connectivity index (χ0) is 23.3. The first-order valence-electron chi connectivity index (χ1n) is 9.32. The normalized spacial score (nSPS) is 15.2. The van der Waals surface area contributed by atoms with Crippen molar-refractivity contribution >= 4 is 46.7 Å². The molecule has 0 saturated carbocycles. The van der Waals surface area contributed by atoms with E-state index >= 15 is 0 Å². The van der Waals surface area contributed by atoms with Crippen LogP contribution in [-0.4, -0.2) is 46.8 Å². The van der Waals surface area contributed by atoms with Gasteiger partial charge in [-0.3, -0.25) is 39.7 Å². The largest absolute Gasteiger partial charge is 0.455 e. The zero-order valence-corrected chi connectivity index (χ0v) is 17.2. The number of anilines is 1. The zero-order valence-electron chi connectivity index (χ0n) is 16.4. The van der Waals surface area contributed by atoms with Crippen molar-refractivity contribution in [3.8, 4) is 0 Å². The van der Waals surface area contributed by atoms with Crippen LogP contribution < -0.4 is 10.7 Å². The number of nitrogens with zero attached hydrogens (tertiary/aromatic N) is 2. The van der Waals surface area contributed by atoms with Crippen molar-refractivity contribution in [2.45, 2.75) is 6.42 Å². The van der Waals surface area contributed by atoms with Crippen molar-refractivity contribution in [2.75, 3.05) is 18.5 Å². The van der Waals surface area contributed by atoms with Crippen LogP contribution in [0.1, 0.15) is 16.8 Å². The van der Waals surface area contributed by atoms with Gasteiger partial charge in [-0.25, -0.2) is 0 Å². The first-order chi connectivity index (χ1) is 15.3. The van der Waals surface area contributed by atoms with E-state index in [9.17, 15) is 29.3 Å². The van der Waals surface area contributed by atoms with E-state index in [1.807, 2.05) is 0 Å². The summed E-state index contributed by atoms with van der Waals surface area (Å²) in [7, 11) is 0. The van der Waals surface area contributed by atoms with Gasteiger partial charge in [-0.2, -0.15) is 0 Å². The van der Waals surface area contributed by atoms with Gasteiger partial charge in [0.2, 0.25) is 5.91 Å². The van der Waals surface area contributed by atoms with Crippen LogP contribution in [-0.2, 0) is 19.1 Å². The second kappa shape index (κ2) is 9.88. The molecule has 166 valence electrons. The minimum absolute atomic E-state index is 0.198. The van der Waals surface area contributed by atoms with Crippen LogP contribution in [0.2, 0.25) is 5.02 Å². The highest BCUT2D eigenvalue weighted by Gasteiger charge is 2.37. The van der Waals surface area contributed by atoms with Gasteiger partial charge in [0.1, 0.15) is 5.56 Å². The molecular weight excluding hydrogens is 444 g/mol. The fraction of sp³-hybridized carbons (Fsp3) is 0.200. The molecule has 1 fully saturated rings. The molecule has 3 rings (SSSR count). The van der Waals surface area contributed by atoms with Crippen LogP contribution in [0.15, 0.2) is 48.5 Å². The fourth-order valence-electron chi connectivity index (χ4n) is 2.98. The molecule has 12 heteroatoms. The maximum Gasteiger partial charge on any atom is 0.311 e. The molecule has 32 heavy (non-hydrogen) atoms. The number of hydrazine groups is 1. The van der Waals surface area contributed by atoms with Crippen molar-refractivity contribution < 1.29 is 28.8 Å². The van der Waals surface area contributed by atoms with Crippen molar-refractivity contribution in [1.29, 1.82) is 0 Å². The Morgan fingerprint density at radius 1 is 1.16 bits per heavy atom. The molecule has 0 radical (unpaired) electrons. The Morgan fingerprint density at radius 3 is 2.56 bits per heavy atom. The van der Waals surface area contributed by atoms with Crippen LogP contribution >= 0.6 is 11.6 Å². The number of nitrogens with one attached hydrogen (secondary N) is 2. The number of ether oxygens (including phenoxy) is 1. The van der Waals surface area contributed by atoms with E-state index in [0.717, 1.165) is 11.1 Å². The Balaban J connectivity index is 1.53. The quantitative estimate of drug-likeness (QED) is 0.364. The molecule has 0 aliphatic carbocycles. The first kappa shape index (κ1) is 22.7. The van der Waals surface area contributed by atoms with Gasteiger partial charge in [0.05, 0.1) is 28.1 Å². The third-order valence-corrected chi connectivity index (χ3v) is 4.86. The van der Waals surface area contributed by atoms with Gasteiger partial charge in [-0.1, -0.05) is 35.9 Å². The number of rotatable bonds is 7. The van der Waals surface area contributed by atoms with E-state index in [2.05, 4.69) is 10.7 Å². The summed E-state index contributed by atoms with van der Waals surface area (Å²) in [6.45, 7) is -0.784.